The average Bonchev–Trinajstić information content (AvgIpc) is 2.23. The normalized spacial score (nSPS) is 18.5. The lowest BCUT2D eigenvalue weighted by Crippen LogP contribution is -2.46. The Balaban J connectivity index is 2.14. The van der Waals surface area contributed by atoms with Crippen molar-refractivity contribution in [1.29, 1.82) is 0 Å². The van der Waals surface area contributed by atoms with Gasteiger partial charge in [0, 0.05) is 17.8 Å². The van der Waals surface area contributed by atoms with Crippen LogP contribution in [0.1, 0.15) is 19.3 Å². The molecule has 1 aromatic carbocycles. The van der Waals surface area contributed by atoms with E-state index in [1.807, 2.05) is 0 Å². The predicted molar refractivity (Wildman–Crippen MR) is 70.5 cm³/mol. The Bertz CT molecular complexity index is 486. The number of hydrogen-bond donors (Lipinski definition) is 1. The second kappa shape index (κ2) is 4.50. The standard InChI is InChI=1S/C12H16ClNO2S/c1-17(15,16)11-5-3-10(4-6-11)14-12(9-13)7-2-8-12/h3-6,14H,2,7-9H2,1H3. The monoisotopic (exact) mass is 273 g/mol. The van der Waals surface area contributed by atoms with E-state index in [4.69, 9.17) is 11.6 Å². The molecule has 1 fully saturated rings. The van der Waals surface area contributed by atoms with Crippen LogP contribution in [0.4, 0.5) is 5.69 Å². The first-order chi connectivity index (χ1) is 7.95. The van der Waals surface area contributed by atoms with E-state index in [2.05, 4.69) is 5.32 Å². The maximum atomic E-state index is 11.3. The zero-order valence-electron chi connectivity index (χ0n) is 9.74. The molecule has 0 amide bonds. The Hall–Kier alpha value is -0.740. The first kappa shape index (κ1) is 12.7. The molecule has 0 bridgehead atoms. The summed E-state index contributed by atoms with van der Waals surface area (Å²) in [4.78, 5) is 0.344. The fourth-order valence-corrected chi connectivity index (χ4v) is 2.95. The van der Waals surface area contributed by atoms with Gasteiger partial charge in [-0.15, -0.1) is 11.6 Å². The van der Waals surface area contributed by atoms with Crippen LogP contribution in [0, 0.1) is 0 Å². The van der Waals surface area contributed by atoms with Gasteiger partial charge in [0.15, 0.2) is 9.84 Å². The summed E-state index contributed by atoms with van der Waals surface area (Å²) in [5.41, 5.74) is 0.937. The third-order valence-corrected chi connectivity index (χ3v) is 4.90. The lowest BCUT2D eigenvalue weighted by molar-refractivity contribution is 0.311. The van der Waals surface area contributed by atoms with Gasteiger partial charge < -0.3 is 5.32 Å². The van der Waals surface area contributed by atoms with Gasteiger partial charge in [-0.1, -0.05) is 0 Å². The van der Waals surface area contributed by atoms with Gasteiger partial charge in [-0.2, -0.15) is 0 Å². The molecule has 0 atom stereocenters. The minimum absolute atomic E-state index is 0.00810. The highest BCUT2D eigenvalue weighted by Gasteiger charge is 2.35. The van der Waals surface area contributed by atoms with E-state index >= 15 is 0 Å². The van der Waals surface area contributed by atoms with E-state index in [-0.39, 0.29) is 5.54 Å². The van der Waals surface area contributed by atoms with Crippen LogP contribution in [0.3, 0.4) is 0 Å². The van der Waals surface area contributed by atoms with Crippen LogP contribution >= 0.6 is 11.6 Å². The number of sulfone groups is 1. The molecule has 0 spiro atoms. The molecule has 1 aromatic rings. The maximum Gasteiger partial charge on any atom is 0.175 e. The van der Waals surface area contributed by atoms with Crippen molar-refractivity contribution < 1.29 is 8.42 Å². The quantitative estimate of drug-likeness (QED) is 0.858. The molecule has 5 heteroatoms. The third-order valence-electron chi connectivity index (χ3n) is 3.26. The third kappa shape index (κ3) is 2.75. The Morgan fingerprint density at radius 1 is 1.29 bits per heavy atom. The summed E-state index contributed by atoms with van der Waals surface area (Å²) in [7, 11) is -3.11. The number of nitrogens with one attached hydrogen (secondary N) is 1. The Morgan fingerprint density at radius 2 is 1.88 bits per heavy atom. The van der Waals surface area contributed by atoms with Gasteiger partial charge in [0.1, 0.15) is 0 Å². The van der Waals surface area contributed by atoms with Gasteiger partial charge in [0.25, 0.3) is 0 Å². The zero-order chi connectivity index (χ0) is 12.5. The second-order valence-electron chi connectivity index (χ2n) is 4.69. The summed E-state index contributed by atoms with van der Waals surface area (Å²) in [5, 5.41) is 3.39. The molecule has 0 saturated heterocycles. The molecule has 2 rings (SSSR count). The summed E-state index contributed by atoms with van der Waals surface area (Å²) in [6, 6.07) is 6.84. The van der Waals surface area contributed by atoms with E-state index < -0.39 is 9.84 Å². The summed E-state index contributed by atoms with van der Waals surface area (Å²) >= 11 is 5.96. The molecule has 1 aliphatic carbocycles. The van der Waals surface area contributed by atoms with Crippen molar-refractivity contribution in [2.75, 3.05) is 17.5 Å². The van der Waals surface area contributed by atoms with Crippen molar-refractivity contribution in [3.05, 3.63) is 24.3 Å². The highest BCUT2D eigenvalue weighted by atomic mass is 35.5. The first-order valence-electron chi connectivity index (χ1n) is 5.59. The average molecular weight is 274 g/mol. The minimum atomic E-state index is -3.11. The predicted octanol–water partition coefficient (Wildman–Crippen LogP) is 2.66. The van der Waals surface area contributed by atoms with E-state index in [1.54, 1.807) is 24.3 Å². The summed E-state index contributed by atoms with van der Waals surface area (Å²) < 4.78 is 22.6. The van der Waals surface area contributed by atoms with Crippen molar-refractivity contribution in [2.45, 2.75) is 29.7 Å². The molecule has 94 valence electrons. The van der Waals surface area contributed by atoms with Gasteiger partial charge in [0.05, 0.1) is 10.4 Å². The zero-order valence-corrected chi connectivity index (χ0v) is 11.3. The van der Waals surface area contributed by atoms with E-state index in [1.165, 1.54) is 12.7 Å². The molecule has 0 heterocycles. The molecule has 0 radical (unpaired) electrons. The molecule has 0 aromatic heterocycles. The Morgan fingerprint density at radius 3 is 2.24 bits per heavy atom. The van der Waals surface area contributed by atoms with Crippen LogP contribution in [-0.2, 0) is 9.84 Å². The number of hydrogen-bond acceptors (Lipinski definition) is 3. The number of anilines is 1. The molecule has 1 aliphatic rings. The molecule has 17 heavy (non-hydrogen) atoms. The molecule has 1 saturated carbocycles. The molecule has 3 nitrogen and oxygen atoms in total. The molecular weight excluding hydrogens is 258 g/mol. The van der Waals surface area contributed by atoms with Crippen LogP contribution in [0.5, 0.6) is 0 Å². The van der Waals surface area contributed by atoms with Gasteiger partial charge in [-0.3, -0.25) is 0 Å². The largest absolute Gasteiger partial charge is 0.378 e. The topological polar surface area (TPSA) is 46.2 Å². The Kier molecular flexibility index (Phi) is 3.36. The number of alkyl halides is 1. The van der Waals surface area contributed by atoms with Crippen molar-refractivity contribution >= 4 is 27.1 Å². The summed E-state index contributed by atoms with van der Waals surface area (Å²) in [6.07, 6.45) is 4.55. The fourth-order valence-electron chi connectivity index (χ4n) is 1.99. The van der Waals surface area contributed by atoms with E-state index in [9.17, 15) is 8.42 Å². The number of halogens is 1. The smallest absolute Gasteiger partial charge is 0.175 e. The Labute approximate surface area is 107 Å². The molecule has 0 unspecified atom stereocenters. The van der Waals surface area contributed by atoms with Crippen molar-refractivity contribution in [1.82, 2.24) is 0 Å². The lowest BCUT2D eigenvalue weighted by atomic mass is 9.78. The van der Waals surface area contributed by atoms with Gasteiger partial charge in [-0.05, 0) is 43.5 Å². The van der Waals surface area contributed by atoms with Crippen LogP contribution in [0.25, 0.3) is 0 Å². The van der Waals surface area contributed by atoms with E-state index in [0.29, 0.717) is 10.8 Å². The van der Waals surface area contributed by atoms with Gasteiger partial charge in [-0.25, -0.2) is 8.42 Å². The number of rotatable bonds is 4. The lowest BCUT2D eigenvalue weighted by Gasteiger charge is -2.42. The minimum Gasteiger partial charge on any atom is -0.378 e. The van der Waals surface area contributed by atoms with E-state index in [0.717, 1.165) is 18.5 Å². The van der Waals surface area contributed by atoms with Crippen LogP contribution in [0.15, 0.2) is 29.2 Å². The number of benzene rings is 1. The molecule has 0 aliphatic heterocycles. The highest BCUT2D eigenvalue weighted by molar-refractivity contribution is 7.90. The summed E-state index contributed by atoms with van der Waals surface area (Å²) in [6.45, 7) is 0. The highest BCUT2D eigenvalue weighted by Crippen LogP contribution is 2.36. The molecular formula is C12H16ClNO2S. The second-order valence-corrected chi connectivity index (χ2v) is 6.97. The summed E-state index contributed by atoms with van der Waals surface area (Å²) in [5.74, 6) is 0.584. The first-order valence-corrected chi connectivity index (χ1v) is 8.02. The van der Waals surface area contributed by atoms with Crippen molar-refractivity contribution in [3.63, 3.8) is 0 Å². The SMILES string of the molecule is CS(=O)(=O)c1ccc(NC2(CCl)CCC2)cc1. The van der Waals surface area contributed by atoms with Crippen molar-refractivity contribution in [2.24, 2.45) is 0 Å². The van der Waals surface area contributed by atoms with Crippen LogP contribution < -0.4 is 5.32 Å². The maximum absolute atomic E-state index is 11.3. The van der Waals surface area contributed by atoms with Crippen LogP contribution in [-0.4, -0.2) is 26.1 Å². The van der Waals surface area contributed by atoms with Crippen molar-refractivity contribution in [3.8, 4) is 0 Å². The van der Waals surface area contributed by atoms with Gasteiger partial charge in [0.2, 0.25) is 0 Å². The van der Waals surface area contributed by atoms with Gasteiger partial charge >= 0.3 is 0 Å². The van der Waals surface area contributed by atoms with Crippen LogP contribution in [0.2, 0.25) is 0 Å². The fraction of sp³-hybridized carbons (Fsp3) is 0.500. The molecule has 1 N–H and O–H groups in total.